The molecule has 0 aliphatic carbocycles. The van der Waals surface area contributed by atoms with Gasteiger partial charge in [-0.15, -0.1) is 0 Å². The molecule has 1 fully saturated rings. The van der Waals surface area contributed by atoms with Gasteiger partial charge >= 0.3 is 0 Å². The second kappa shape index (κ2) is 8.85. The summed E-state index contributed by atoms with van der Waals surface area (Å²) in [7, 11) is 0. The van der Waals surface area contributed by atoms with E-state index in [9.17, 15) is 9.59 Å². The van der Waals surface area contributed by atoms with Gasteiger partial charge in [0, 0.05) is 48.5 Å². The van der Waals surface area contributed by atoms with Crippen molar-refractivity contribution in [2.24, 2.45) is 0 Å². The lowest BCUT2D eigenvalue weighted by Crippen LogP contribution is -2.51. The standard InChI is InChI=1S/C24H25N7O2/c1-2-22(32)30-13-4-3-6-21(30)24(33)26-11-8-16-14-18-17(9-12-25-23(18)29-16)19-15-28-31-20(19)7-5-10-27-31/h2,5,7,9-10,12,14-15,21H,1,3-4,6,8,11,13H2,(H,25,29)(H,26,33). The minimum atomic E-state index is -0.426. The minimum Gasteiger partial charge on any atom is -0.354 e. The number of hydrogen-bond acceptors (Lipinski definition) is 5. The third kappa shape index (κ3) is 3.97. The van der Waals surface area contributed by atoms with Crippen molar-refractivity contribution >= 4 is 28.4 Å². The first-order chi connectivity index (χ1) is 16.2. The van der Waals surface area contributed by atoms with E-state index in [0.29, 0.717) is 25.9 Å². The maximum absolute atomic E-state index is 12.7. The molecule has 0 radical (unpaired) electrons. The summed E-state index contributed by atoms with van der Waals surface area (Å²) in [6, 6.07) is 7.48. The number of piperidine rings is 1. The fourth-order valence-corrected chi connectivity index (χ4v) is 4.51. The van der Waals surface area contributed by atoms with Gasteiger partial charge in [0.05, 0.1) is 11.7 Å². The molecule has 9 nitrogen and oxygen atoms in total. The first-order valence-electron chi connectivity index (χ1n) is 11.1. The minimum absolute atomic E-state index is 0.112. The van der Waals surface area contributed by atoms with E-state index < -0.39 is 6.04 Å². The van der Waals surface area contributed by atoms with Crippen LogP contribution in [0.5, 0.6) is 0 Å². The molecule has 9 heteroatoms. The number of pyridine rings is 1. The maximum atomic E-state index is 12.7. The van der Waals surface area contributed by atoms with Gasteiger partial charge in [0.25, 0.3) is 0 Å². The summed E-state index contributed by atoms with van der Waals surface area (Å²) in [6.45, 7) is 4.61. The largest absolute Gasteiger partial charge is 0.354 e. The molecule has 1 atom stereocenters. The van der Waals surface area contributed by atoms with E-state index in [-0.39, 0.29) is 11.8 Å². The van der Waals surface area contributed by atoms with Gasteiger partial charge < -0.3 is 15.2 Å². The molecule has 0 aromatic carbocycles. The Morgan fingerprint density at radius 3 is 3.00 bits per heavy atom. The average Bonchev–Trinajstić information content (AvgIpc) is 3.47. The topological polar surface area (TPSA) is 108 Å². The molecule has 4 aromatic rings. The summed E-state index contributed by atoms with van der Waals surface area (Å²) in [5.74, 6) is -0.300. The van der Waals surface area contributed by atoms with Crippen LogP contribution < -0.4 is 5.32 Å². The fraction of sp³-hybridized carbons (Fsp3) is 0.292. The zero-order chi connectivity index (χ0) is 22.8. The first kappa shape index (κ1) is 20.9. The highest BCUT2D eigenvalue weighted by molar-refractivity contribution is 5.97. The molecule has 5 rings (SSSR count). The lowest BCUT2D eigenvalue weighted by molar-refractivity contribution is -0.138. The van der Waals surface area contributed by atoms with Crippen LogP contribution in [0.15, 0.2) is 55.5 Å². The van der Waals surface area contributed by atoms with Crippen molar-refractivity contribution < 1.29 is 9.59 Å². The maximum Gasteiger partial charge on any atom is 0.246 e. The zero-order valence-electron chi connectivity index (χ0n) is 18.2. The van der Waals surface area contributed by atoms with Crippen molar-refractivity contribution in [1.29, 1.82) is 0 Å². The van der Waals surface area contributed by atoms with Crippen LogP contribution in [0.2, 0.25) is 0 Å². The van der Waals surface area contributed by atoms with E-state index in [0.717, 1.165) is 46.2 Å². The van der Waals surface area contributed by atoms with Crippen LogP contribution in [0.25, 0.3) is 27.7 Å². The number of hydrogen-bond donors (Lipinski definition) is 2. The van der Waals surface area contributed by atoms with E-state index in [1.807, 2.05) is 24.4 Å². The van der Waals surface area contributed by atoms with Crippen LogP contribution in [0.4, 0.5) is 0 Å². The number of rotatable bonds is 6. The monoisotopic (exact) mass is 443 g/mol. The fourth-order valence-electron chi connectivity index (χ4n) is 4.51. The Morgan fingerprint density at radius 2 is 2.12 bits per heavy atom. The quantitative estimate of drug-likeness (QED) is 0.445. The van der Waals surface area contributed by atoms with E-state index in [4.69, 9.17) is 0 Å². The van der Waals surface area contributed by atoms with E-state index in [1.54, 1.807) is 21.9 Å². The average molecular weight is 444 g/mol. The third-order valence-electron chi connectivity index (χ3n) is 6.14. The number of fused-ring (bicyclic) bond motifs is 2. The molecule has 5 heterocycles. The van der Waals surface area contributed by atoms with Crippen molar-refractivity contribution in [3.05, 3.63) is 61.2 Å². The summed E-state index contributed by atoms with van der Waals surface area (Å²) < 4.78 is 1.61. The summed E-state index contributed by atoms with van der Waals surface area (Å²) in [5.41, 5.74) is 4.69. The van der Waals surface area contributed by atoms with Crippen molar-refractivity contribution in [3.63, 3.8) is 0 Å². The molecule has 1 saturated heterocycles. The van der Waals surface area contributed by atoms with Crippen molar-refractivity contribution in [1.82, 2.24) is 35.0 Å². The van der Waals surface area contributed by atoms with Gasteiger partial charge in [-0.3, -0.25) is 9.59 Å². The van der Waals surface area contributed by atoms with E-state index in [1.165, 1.54) is 6.08 Å². The van der Waals surface area contributed by atoms with Crippen LogP contribution in [-0.4, -0.2) is 60.6 Å². The molecule has 1 aliphatic heterocycles. The number of likely N-dealkylation sites (tertiary alicyclic amines) is 1. The Kier molecular flexibility index (Phi) is 5.60. The predicted octanol–water partition coefficient (Wildman–Crippen LogP) is 2.50. The molecular weight excluding hydrogens is 418 g/mol. The molecule has 0 saturated carbocycles. The number of nitrogens with zero attached hydrogens (tertiary/aromatic N) is 5. The Balaban J connectivity index is 1.30. The number of aromatic nitrogens is 5. The van der Waals surface area contributed by atoms with Gasteiger partial charge in [-0.1, -0.05) is 6.58 Å². The number of aromatic amines is 1. The number of carbonyl (C=O) groups is 2. The number of carbonyl (C=O) groups excluding carboxylic acids is 2. The molecule has 168 valence electrons. The molecule has 1 unspecified atom stereocenters. The molecule has 4 aromatic heterocycles. The van der Waals surface area contributed by atoms with Crippen LogP contribution in [0.1, 0.15) is 25.0 Å². The first-order valence-corrected chi connectivity index (χ1v) is 11.1. The van der Waals surface area contributed by atoms with Crippen molar-refractivity contribution in [3.8, 4) is 11.1 Å². The van der Waals surface area contributed by atoms with Gasteiger partial charge in [-0.05, 0) is 55.2 Å². The van der Waals surface area contributed by atoms with Gasteiger partial charge in [-0.2, -0.15) is 14.8 Å². The van der Waals surface area contributed by atoms with E-state index in [2.05, 4.69) is 38.1 Å². The predicted molar refractivity (Wildman–Crippen MR) is 124 cm³/mol. The molecule has 2 amide bonds. The van der Waals surface area contributed by atoms with Crippen LogP contribution in [0, 0.1) is 0 Å². The van der Waals surface area contributed by atoms with Gasteiger partial charge in [0.1, 0.15) is 11.7 Å². The molecule has 33 heavy (non-hydrogen) atoms. The summed E-state index contributed by atoms with van der Waals surface area (Å²) in [5, 5.41) is 12.6. The zero-order valence-corrected chi connectivity index (χ0v) is 18.2. The SMILES string of the molecule is C=CC(=O)N1CCCCC1C(=O)NCCc1cc2c(-c3cnn4ncccc34)ccnc2[nH]1. The Labute approximate surface area is 190 Å². The smallest absolute Gasteiger partial charge is 0.246 e. The Morgan fingerprint density at radius 1 is 1.21 bits per heavy atom. The molecular formula is C24H25N7O2. The van der Waals surface area contributed by atoms with Gasteiger partial charge in [0.2, 0.25) is 11.8 Å². The summed E-state index contributed by atoms with van der Waals surface area (Å²) >= 11 is 0. The van der Waals surface area contributed by atoms with Gasteiger partial charge in [-0.25, -0.2) is 4.98 Å². The number of H-pyrrole nitrogens is 1. The summed E-state index contributed by atoms with van der Waals surface area (Å²) in [6.07, 6.45) is 9.72. The summed E-state index contributed by atoms with van der Waals surface area (Å²) in [4.78, 5) is 34.3. The van der Waals surface area contributed by atoms with Gasteiger partial charge in [0.15, 0.2) is 0 Å². The molecule has 0 spiro atoms. The second-order valence-electron chi connectivity index (χ2n) is 8.16. The van der Waals surface area contributed by atoms with Crippen LogP contribution in [0.3, 0.4) is 0 Å². The lowest BCUT2D eigenvalue weighted by Gasteiger charge is -2.33. The highest BCUT2D eigenvalue weighted by Crippen LogP contribution is 2.30. The van der Waals surface area contributed by atoms with E-state index >= 15 is 0 Å². The highest BCUT2D eigenvalue weighted by atomic mass is 16.2. The van der Waals surface area contributed by atoms with Crippen molar-refractivity contribution in [2.75, 3.05) is 13.1 Å². The Bertz CT molecular complexity index is 1340. The number of nitrogens with one attached hydrogen (secondary N) is 2. The molecule has 0 bridgehead atoms. The Hall–Kier alpha value is -4.01. The second-order valence-corrected chi connectivity index (χ2v) is 8.16. The lowest BCUT2D eigenvalue weighted by atomic mass is 10.0. The third-order valence-corrected chi connectivity index (χ3v) is 6.14. The highest BCUT2D eigenvalue weighted by Gasteiger charge is 2.30. The van der Waals surface area contributed by atoms with Crippen molar-refractivity contribution in [2.45, 2.75) is 31.7 Å². The molecule has 1 aliphatic rings. The van der Waals surface area contributed by atoms with Crippen LogP contribution >= 0.6 is 0 Å². The number of amides is 2. The molecule has 2 N–H and O–H groups in total. The van der Waals surface area contributed by atoms with Crippen LogP contribution in [-0.2, 0) is 16.0 Å². The normalized spacial score (nSPS) is 16.2.